The number of phosphoric acid groups is 2. The maximum atomic E-state index is 12.0. The third kappa shape index (κ3) is 6.84. The molecular formula is C11H17N2O13P3S. The van der Waals surface area contributed by atoms with Crippen molar-refractivity contribution in [3.05, 3.63) is 45.8 Å². The van der Waals surface area contributed by atoms with Crippen molar-refractivity contribution in [3.63, 3.8) is 0 Å². The summed E-state index contributed by atoms with van der Waals surface area (Å²) in [5, 5.41) is 10.4. The molecule has 1 aromatic rings. The third-order valence-electron chi connectivity index (χ3n) is 3.63. The van der Waals surface area contributed by atoms with Crippen LogP contribution in [0.5, 0.6) is 0 Å². The first kappa shape index (κ1) is 25.4. The highest BCUT2D eigenvalue weighted by molar-refractivity contribution is 8.08. The molecule has 19 heteroatoms. The lowest BCUT2D eigenvalue weighted by molar-refractivity contribution is -0.0440. The van der Waals surface area contributed by atoms with E-state index in [1.165, 1.54) is 6.08 Å². The molecule has 0 radical (unpaired) electrons. The van der Waals surface area contributed by atoms with Gasteiger partial charge in [-0.2, -0.15) is 4.31 Å². The average molecular weight is 510 g/mol. The number of hydrogen-bond acceptors (Lipinski definition) is 10. The zero-order valence-corrected chi connectivity index (χ0v) is 18.2. The van der Waals surface area contributed by atoms with Crippen LogP contribution >= 0.6 is 22.4 Å². The first-order valence-corrected chi connectivity index (χ1v) is 13.3. The van der Waals surface area contributed by atoms with Gasteiger partial charge in [-0.1, -0.05) is 6.08 Å². The van der Waals surface area contributed by atoms with E-state index >= 15 is 0 Å². The van der Waals surface area contributed by atoms with Gasteiger partial charge >= 0.3 is 28.1 Å². The minimum Gasteiger partial charge on any atom is -0.390 e. The number of aliphatic hydroxyl groups excluding tert-OH is 1. The van der Waals surface area contributed by atoms with Crippen molar-refractivity contribution < 1.29 is 51.7 Å². The molecule has 30 heavy (non-hydrogen) atoms. The van der Waals surface area contributed by atoms with Crippen LogP contribution in [-0.4, -0.2) is 53.0 Å². The zero-order valence-electron chi connectivity index (χ0n) is 14.7. The van der Waals surface area contributed by atoms with Crippen molar-refractivity contribution in [2.75, 3.05) is 6.61 Å². The second-order valence-corrected chi connectivity index (χ2v) is 11.6. The lowest BCUT2D eigenvalue weighted by atomic mass is 10.00. The van der Waals surface area contributed by atoms with E-state index in [9.17, 15) is 33.6 Å². The van der Waals surface area contributed by atoms with Crippen LogP contribution in [0.4, 0.5) is 0 Å². The van der Waals surface area contributed by atoms with E-state index in [1.54, 1.807) is 0 Å². The Bertz CT molecular complexity index is 1050. The molecule has 1 saturated heterocycles. The molecule has 6 unspecified atom stereocenters. The molecule has 2 rings (SSSR count). The molecule has 6 N–H and O–H groups in total. The van der Waals surface area contributed by atoms with E-state index in [1.807, 2.05) is 4.98 Å². The molecule has 0 spiro atoms. The van der Waals surface area contributed by atoms with E-state index in [0.717, 1.165) is 16.8 Å². The number of nitrogens with zero attached hydrogens (tertiary/aromatic N) is 1. The van der Waals surface area contributed by atoms with E-state index in [2.05, 4.69) is 27.0 Å². The Morgan fingerprint density at radius 3 is 2.43 bits per heavy atom. The van der Waals surface area contributed by atoms with Crippen LogP contribution in [0.2, 0.25) is 0 Å². The Hall–Kier alpha value is -0.830. The fourth-order valence-electron chi connectivity index (χ4n) is 2.51. The lowest BCUT2D eigenvalue weighted by Crippen LogP contribution is -2.34. The maximum Gasteiger partial charge on any atom is 0.488 e. The minimum absolute atomic E-state index is 0.658. The third-order valence-corrected chi connectivity index (χ3v) is 8.35. The molecular weight excluding hydrogens is 493 g/mol. The van der Waals surface area contributed by atoms with Gasteiger partial charge in [0.05, 0.1) is 18.6 Å². The van der Waals surface area contributed by atoms with Crippen molar-refractivity contribution in [1.29, 1.82) is 0 Å². The molecule has 6 atom stereocenters. The highest BCUT2D eigenvalue weighted by Crippen LogP contribution is 2.66. The summed E-state index contributed by atoms with van der Waals surface area (Å²) in [5.41, 5.74) is -1.49. The summed E-state index contributed by atoms with van der Waals surface area (Å²) in [6, 6.07) is 1.04. The fraction of sp³-hybridized carbons (Fsp3) is 0.455. The molecule has 0 amide bonds. The minimum atomic E-state index is -5.49. The summed E-state index contributed by atoms with van der Waals surface area (Å²) in [5.74, 6) is -0.874. The van der Waals surface area contributed by atoms with E-state index in [4.69, 9.17) is 19.0 Å². The molecule has 15 nitrogen and oxygen atoms in total. The first-order chi connectivity index (χ1) is 13.6. The SMILES string of the molecule is C=CC1C(O)C(COP(O)(=S)OP(=O)(O)OP(=O)(O)O)OC1n1ccc(=O)[nH]c1=O. The van der Waals surface area contributed by atoms with Gasteiger partial charge in [0.2, 0.25) is 0 Å². The van der Waals surface area contributed by atoms with Crippen LogP contribution < -0.4 is 11.2 Å². The molecule has 170 valence electrons. The zero-order chi connectivity index (χ0) is 22.9. The number of hydrogen-bond donors (Lipinski definition) is 6. The van der Waals surface area contributed by atoms with E-state index < -0.39 is 64.6 Å². The number of aromatic nitrogens is 2. The molecule has 0 bridgehead atoms. The number of ether oxygens (including phenoxy) is 1. The quantitative estimate of drug-likeness (QED) is 0.174. The van der Waals surface area contributed by atoms with Crippen LogP contribution in [0.25, 0.3) is 0 Å². The normalized spacial score (nSPS) is 28.6. The summed E-state index contributed by atoms with van der Waals surface area (Å²) < 4.78 is 41.0. The summed E-state index contributed by atoms with van der Waals surface area (Å²) in [4.78, 5) is 61.3. The molecule has 1 aromatic heterocycles. The molecule has 1 aliphatic rings. The molecule has 1 aliphatic heterocycles. The number of aliphatic hydroxyl groups is 1. The van der Waals surface area contributed by atoms with Gasteiger partial charge in [0.25, 0.3) is 5.56 Å². The van der Waals surface area contributed by atoms with Gasteiger partial charge in [0.1, 0.15) is 12.3 Å². The van der Waals surface area contributed by atoms with Crippen LogP contribution in [0, 0.1) is 5.92 Å². The highest BCUT2D eigenvalue weighted by Gasteiger charge is 2.45. The van der Waals surface area contributed by atoms with E-state index in [-0.39, 0.29) is 0 Å². The molecule has 1 fully saturated rings. The van der Waals surface area contributed by atoms with Crippen molar-refractivity contribution in [2.24, 2.45) is 5.92 Å². The predicted molar refractivity (Wildman–Crippen MR) is 101 cm³/mol. The van der Waals surface area contributed by atoms with Crippen LogP contribution in [0.3, 0.4) is 0 Å². The predicted octanol–water partition coefficient (Wildman–Crippen LogP) is -0.943. The van der Waals surface area contributed by atoms with Gasteiger partial charge < -0.3 is 33.9 Å². The van der Waals surface area contributed by atoms with Crippen molar-refractivity contribution in [3.8, 4) is 0 Å². The Kier molecular flexibility index (Phi) is 7.92. The maximum absolute atomic E-state index is 12.0. The topological polar surface area (TPSA) is 227 Å². The Morgan fingerprint density at radius 1 is 1.27 bits per heavy atom. The average Bonchev–Trinajstić information content (AvgIpc) is 2.85. The van der Waals surface area contributed by atoms with Gasteiger partial charge in [0.15, 0.2) is 0 Å². The number of rotatable bonds is 9. The second kappa shape index (κ2) is 9.35. The second-order valence-electron chi connectivity index (χ2n) is 5.77. The fourth-order valence-corrected chi connectivity index (χ4v) is 6.48. The van der Waals surface area contributed by atoms with Gasteiger partial charge in [-0.15, -0.1) is 6.58 Å². The van der Waals surface area contributed by atoms with Crippen LogP contribution in [-0.2, 0) is 38.8 Å². The molecule has 0 saturated carbocycles. The largest absolute Gasteiger partial charge is 0.488 e. The van der Waals surface area contributed by atoms with Gasteiger partial charge in [-0.25, -0.2) is 18.2 Å². The smallest absolute Gasteiger partial charge is 0.390 e. The van der Waals surface area contributed by atoms with Crippen LogP contribution in [0.15, 0.2) is 34.5 Å². The van der Waals surface area contributed by atoms with Crippen molar-refractivity contribution in [2.45, 2.75) is 18.4 Å². The number of H-pyrrole nitrogens is 1. The molecule has 2 heterocycles. The first-order valence-electron chi connectivity index (χ1n) is 7.70. The molecule has 0 aliphatic carbocycles. The number of aromatic amines is 1. The van der Waals surface area contributed by atoms with Crippen molar-refractivity contribution >= 4 is 34.2 Å². The van der Waals surface area contributed by atoms with Gasteiger partial charge in [0, 0.05) is 12.3 Å². The Labute approximate surface area is 172 Å². The Morgan fingerprint density at radius 2 is 1.90 bits per heavy atom. The van der Waals surface area contributed by atoms with Crippen molar-refractivity contribution in [1.82, 2.24) is 9.55 Å². The summed E-state index contributed by atoms with van der Waals surface area (Å²) in [7, 11) is -10.9. The Balaban J connectivity index is 2.11. The summed E-state index contributed by atoms with van der Waals surface area (Å²) >= 11 is 4.47. The molecule has 0 aromatic carbocycles. The van der Waals surface area contributed by atoms with Crippen LogP contribution in [0.1, 0.15) is 6.23 Å². The summed E-state index contributed by atoms with van der Waals surface area (Å²) in [6.45, 7) is -1.79. The standard InChI is InChI=1S/C11H17N2O13P3S/c1-2-6-9(15)7(24-10(6)13-4-3-8(14)12-11(13)16)5-23-29(22,30)26-28(20,21)25-27(17,18)19/h2-4,6-7,9-10,15H,1,5H2,(H,20,21)(H,22,30)(H,12,14,16)(H2,17,18,19). The lowest BCUT2D eigenvalue weighted by Gasteiger charge is -2.21. The van der Waals surface area contributed by atoms with Gasteiger partial charge in [-0.3, -0.25) is 14.3 Å². The number of nitrogens with one attached hydrogen (secondary N) is 1. The highest BCUT2D eigenvalue weighted by atomic mass is 32.5. The van der Waals surface area contributed by atoms with Gasteiger partial charge in [-0.05, 0) is 11.8 Å². The summed E-state index contributed by atoms with van der Waals surface area (Å²) in [6.07, 6.45) is -1.34. The van der Waals surface area contributed by atoms with E-state index in [0.29, 0.717) is 0 Å². The monoisotopic (exact) mass is 510 g/mol.